The molecule has 4 amide bonds. The third-order valence-corrected chi connectivity index (χ3v) is 5.24. The molecule has 6 heteroatoms. The zero-order valence-corrected chi connectivity index (χ0v) is 16.2. The first-order valence-electron chi connectivity index (χ1n) is 9.37. The number of hydrogen-bond donors (Lipinski definition) is 2. The summed E-state index contributed by atoms with van der Waals surface area (Å²) in [5.74, 6) is -0.878. The molecule has 146 valence electrons. The topological polar surface area (TPSA) is 78.5 Å². The molecule has 1 aliphatic heterocycles. The number of carbonyl (C=O) groups excluding carboxylic acids is 3. The van der Waals surface area contributed by atoms with Gasteiger partial charge in [-0.25, -0.2) is 4.79 Å². The molecule has 3 aromatic rings. The summed E-state index contributed by atoms with van der Waals surface area (Å²) in [6.07, 6.45) is 0. The number of nitrogens with zero attached hydrogens (tertiary/aromatic N) is 1. The lowest BCUT2D eigenvalue weighted by molar-refractivity contribution is -0.133. The van der Waals surface area contributed by atoms with Crippen LogP contribution >= 0.6 is 0 Å². The van der Waals surface area contributed by atoms with Crippen LogP contribution in [-0.2, 0) is 15.1 Å². The molecule has 1 atom stereocenters. The number of rotatable bonds is 4. The summed E-state index contributed by atoms with van der Waals surface area (Å²) in [4.78, 5) is 38.9. The van der Waals surface area contributed by atoms with Gasteiger partial charge in [-0.05, 0) is 48.4 Å². The minimum atomic E-state index is -1.22. The Morgan fingerprint density at radius 1 is 1.00 bits per heavy atom. The van der Waals surface area contributed by atoms with Gasteiger partial charge in [0.25, 0.3) is 5.91 Å². The number of nitrogens with one attached hydrogen (secondary N) is 2. The lowest BCUT2D eigenvalue weighted by atomic mass is 9.90. The fourth-order valence-corrected chi connectivity index (χ4v) is 3.52. The summed E-state index contributed by atoms with van der Waals surface area (Å²) in [6.45, 7) is 3.27. The van der Waals surface area contributed by atoms with E-state index < -0.39 is 23.4 Å². The van der Waals surface area contributed by atoms with Gasteiger partial charge >= 0.3 is 6.03 Å². The Hall–Kier alpha value is -3.67. The van der Waals surface area contributed by atoms with Crippen LogP contribution < -0.4 is 10.6 Å². The van der Waals surface area contributed by atoms with Crippen molar-refractivity contribution in [2.75, 3.05) is 11.9 Å². The predicted octanol–water partition coefficient (Wildman–Crippen LogP) is 3.55. The molecule has 1 heterocycles. The van der Waals surface area contributed by atoms with Crippen molar-refractivity contribution in [3.63, 3.8) is 0 Å². The summed E-state index contributed by atoms with van der Waals surface area (Å²) in [5.41, 5.74) is 1.15. The Labute approximate surface area is 168 Å². The van der Waals surface area contributed by atoms with Crippen molar-refractivity contribution in [1.82, 2.24) is 10.2 Å². The van der Waals surface area contributed by atoms with Gasteiger partial charge in [0.2, 0.25) is 5.91 Å². The Morgan fingerprint density at radius 2 is 1.69 bits per heavy atom. The number of amides is 4. The van der Waals surface area contributed by atoms with E-state index in [2.05, 4.69) is 10.6 Å². The molecule has 0 radical (unpaired) electrons. The van der Waals surface area contributed by atoms with Crippen LogP contribution in [0.25, 0.3) is 10.8 Å². The monoisotopic (exact) mass is 387 g/mol. The van der Waals surface area contributed by atoms with Crippen molar-refractivity contribution < 1.29 is 14.4 Å². The molecular formula is C23H21N3O3. The van der Waals surface area contributed by atoms with Gasteiger partial charge in [0.05, 0.1) is 0 Å². The van der Waals surface area contributed by atoms with Crippen LogP contribution in [0.2, 0.25) is 0 Å². The zero-order chi connectivity index (χ0) is 20.6. The Balaban J connectivity index is 1.54. The van der Waals surface area contributed by atoms with E-state index in [4.69, 9.17) is 0 Å². The number of urea groups is 1. The number of benzene rings is 3. The van der Waals surface area contributed by atoms with Crippen LogP contribution in [-0.4, -0.2) is 29.3 Å². The van der Waals surface area contributed by atoms with E-state index in [0.29, 0.717) is 11.3 Å². The molecule has 0 bridgehead atoms. The molecule has 1 aliphatic rings. The second-order valence-corrected chi connectivity index (χ2v) is 7.42. The molecule has 0 saturated carbocycles. The van der Waals surface area contributed by atoms with Gasteiger partial charge in [-0.1, -0.05) is 54.1 Å². The number of imide groups is 1. The number of hydrogen-bond acceptors (Lipinski definition) is 3. The van der Waals surface area contributed by atoms with E-state index in [1.165, 1.54) is 0 Å². The highest BCUT2D eigenvalue weighted by Crippen LogP contribution is 2.31. The molecule has 6 nitrogen and oxygen atoms in total. The predicted molar refractivity (Wildman–Crippen MR) is 111 cm³/mol. The van der Waals surface area contributed by atoms with Crippen molar-refractivity contribution >= 4 is 34.3 Å². The first-order chi connectivity index (χ1) is 13.9. The molecule has 2 N–H and O–H groups in total. The normalized spacial score (nSPS) is 18.8. The molecule has 3 aromatic carbocycles. The zero-order valence-electron chi connectivity index (χ0n) is 16.2. The maximum absolute atomic E-state index is 13.1. The highest BCUT2D eigenvalue weighted by molar-refractivity contribution is 6.10. The second kappa shape index (κ2) is 7.05. The first-order valence-corrected chi connectivity index (χ1v) is 9.37. The number of anilines is 1. The smallest absolute Gasteiger partial charge is 0.325 e. The molecule has 29 heavy (non-hydrogen) atoms. The van der Waals surface area contributed by atoms with Crippen LogP contribution in [0.3, 0.4) is 0 Å². The number of aryl methyl sites for hydroxylation is 1. The summed E-state index contributed by atoms with van der Waals surface area (Å²) < 4.78 is 0. The van der Waals surface area contributed by atoms with Gasteiger partial charge in [0, 0.05) is 5.69 Å². The molecule has 0 aromatic heterocycles. The summed E-state index contributed by atoms with van der Waals surface area (Å²) in [6, 6.07) is 20.2. The van der Waals surface area contributed by atoms with E-state index in [9.17, 15) is 14.4 Å². The SMILES string of the molecule is Cc1ccc(NC(=O)CN2C(=O)N[C@](C)(c3ccc4ccccc4c3)C2=O)cc1. The van der Waals surface area contributed by atoms with Gasteiger partial charge in [-0.15, -0.1) is 0 Å². The van der Waals surface area contributed by atoms with Crippen molar-refractivity contribution in [2.45, 2.75) is 19.4 Å². The van der Waals surface area contributed by atoms with E-state index in [1.807, 2.05) is 61.5 Å². The average Bonchev–Trinajstić information content (AvgIpc) is 2.93. The van der Waals surface area contributed by atoms with Gasteiger partial charge in [-0.3, -0.25) is 14.5 Å². The molecule has 1 fully saturated rings. The van der Waals surface area contributed by atoms with Crippen LogP contribution in [0.5, 0.6) is 0 Å². The van der Waals surface area contributed by atoms with Crippen molar-refractivity contribution in [3.8, 4) is 0 Å². The van der Waals surface area contributed by atoms with Crippen LogP contribution in [0.1, 0.15) is 18.1 Å². The van der Waals surface area contributed by atoms with E-state index in [0.717, 1.165) is 21.2 Å². The maximum atomic E-state index is 13.1. The molecular weight excluding hydrogens is 366 g/mol. The highest BCUT2D eigenvalue weighted by atomic mass is 16.2. The maximum Gasteiger partial charge on any atom is 0.325 e. The third-order valence-electron chi connectivity index (χ3n) is 5.24. The fourth-order valence-electron chi connectivity index (χ4n) is 3.52. The summed E-state index contributed by atoms with van der Waals surface area (Å²) >= 11 is 0. The van der Waals surface area contributed by atoms with Gasteiger partial charge in [0.1, 0.15) is 12.1 Å². The Kier molecular flexibility index (Phi) is 4.54. The minimum absolute atomic E-state index is 0.346. The second-order valence-electron chi connectivity index (χ2n) is 7.42. The van der Waals surface area contributed by atoms with E-state index in [-0.39, 0.29) is 6.54 Å². The summed E-state index contributed by atoms with van der Waals surface area (Å²) in [7, 11) is 0. The molecule has 0 spiro atoms. The van der Waals surface area contributed by atoms with Gasteiger partial charge in [0.15, 0.2) is 0 Å². The molecule has 0 unspecified atom stereocenters. The van der Waals surface area contributed by atoms with Crippen LogP contribution in [0.15, 0.2) is 66.7 Å². The molecule has 0 aliphatic carbocycles. The van der Waals surface area contributed by atoms with Crippen molar-refractivity contribution in [3.05, 3.63) is 77.9 Å². The van der Waals surface area contributed by atoms with Gasteiger partial charge < -0.3 is 10.6 Å². The summed E-state index contributed by atoms with van der Waals surface area (Å²) in [5, 5.41) is 7.48. The van der Waals surface area contributed by atoms with E-state index >= 15 is 0 Å². The Bertz CT molecular complexity index is 1120. The number of carbonyl (C=O) groups is 3. The average molecular weight is 387 g/mol. The largest absolute Gasteiger partial charge is 0.325 e. The lowest BCUT2D eigenvalue weighted by Crippen LogP contribution is -2.42. The lowest BCUT2D eigenvalue weighted by Gasteiger charge is -2.22. The highest BCUT2D eigenvalue weighted by Gasteiger charge is 2.49. The quantitative estimate of drug-likeness (QED) is 0.672. The Morgan fingerprint density at radius 3 is 2.41 bits per heavy atom. The first kappa shape index (κ1) is 18.7. The van der Waals surface area contributed by atoms with Crippen LogP contribution in [0, 0.1) is 6.92 Å². The third kappa shape index (κ3) is 3.45. The van der Waals surface area contributed by atoms with Crippen molar-refractivity contribution in [2.24, 2.45) is 0 Å². The van der Waals surface area contributed by atoms with Gasteiger partial charge in [-0.2, -0.15) is 0 Å². The minimum Gasteiger partial charge on any atom is -0.325 e. The van der Waals surface area contributed by atoms with Crippen molar-refractivity contribution in [1.29, 1.82) is 0 Å². The fraction of sp³-hybridized carbons (Fsp3) is 0.174. The van der Waals surface area contributed by atoms with E-state index in [1.54, 1.807) is 19.1 Å². The molecule has 1 saturated heterocycles. The standard InChI is InChI=1S/C23H21N3O3/c1-15-7-11-19(12-8-15)24-20(27)14-26-21(28)23(2,25-22(26)29)18-10-9-16-5-3-4-6-17(16)13-18/h3-13H,14H2,1-2H3,(H,24,27)(H,25,29)/t23-/m1/s1. The van der Waals surface area contributed by atoms with Crippen LogP contribution in [0.4, 0.5) is 10.5 Å². The number of fused-ring (bicyclic) bond motifs is 1. The molecule has 4 rings (SSSR count).